The zero-order valence-electron chi connectivity index (χ0n) is 12.5. The van der Waals surface area contributed by atoms with Crippen LogP contribution >= 0.6 is 0 Å². The van der Waals surface area contributed by atoms with Gasteiger partial charge in [-0.15, -0.1) is 0 Å². The highest BCUT2D eigenvalue weighted by Gasteiger charge is 2.26. The number of hydrogen-bond donors (Lipinski definition) is 0. The average Bonchev–Trinajstić information content (AvgIpc) is 2.53. The Kier molecular flexibility index (Phi) is 5.22. The first-order chi connectivity index (χ1) is 10.9. The quantitative estimate of drug-likeness (QED) is 0.463. The summed E-state index contributed by atoms with van der Waals surface area (Å²) in [6.45, 7) is 1.98. The Morgan fingerprint density at radius 1 is 1.30 bits per heavy atom. The second-order valence-corrected chi connectivity index (χ2v) is 5.24. The number of nitro benzene ring substituents is 2. The molecular formula is C14H16N2O7. The van der Waals surface area contributed by atoms with E-state index in [0.29, 0.717) is 6.61 Å². The molecule has 1 atom stereocenters. The van der Waals surface area contributed by atoms with Gasteiger partial charge in [-0.3, -0.25) is 20.2 Å². The third-order valence-corrected chi connectivity index (χ3v) is 3.67. The minimum atomic E-state index is -0.830. The predicted octanol–water partition coefficient (Wildman–Crippen LogP) is 2.54. The van der Waals surface area contributed by atoms with E-state index in [1.165, 1.54) is 6.92 Å². The van der Waals surface area contributed by atoms with Gasteiger partial charge >= 0.3 is 5.97 Å². The minimum Gasteiger partial charge on any atom is -0.459 e. The zero-order chi connectivity index (χ0) is 17.0. The lowest BCUT2D eigenvalue weighted by molar-refractivity contribution is -0.394. The lowest BCUT2D eigenvalue weighted by Crippen LogP contribution is -2.26. The van der Waals surface area contributed by atoms with Gasteiger partial charge < -0.3 is 9.47 Å². The van der Waals surface area contributed by atoms with E-state index in [-0.39, 0.29) is 23.8 Å². The van der Waals surface area contributed by atoms with Crippen LogP contribution in [0.5, 0.6) is 0 Å². The number of hydrogen-bond acceptors (Lipinski definition) is 7. The van der Waals surface area contributed by atoms with Crippen molar-refractivity contribution in [3.05, 3.63) is 43.5 Å². The number of rotatable bonds is 5. The number of non-ortho nitro benzene ring substituents is 1. The highest BCUT2D eigenvalue weighted by Crippen LogP contribution is 2.28. The molecule has 0 saturated carbocycles. The smallest absolute Gasteiger partial charge is 0.339 e. The molecule has 1 aromatic carbocycles. The molecule has 0 aliphatic carbocycles. The Bertz CT molecular complexity index is 638. The molecule has 1 saturated heterocycles. The van der Waals surface area contributed by atoms with Gasteiger partial charge in [-0.1, -0.05) is 0 Å². The van der Waals surface area contributed by atoms with Crippen molar-refractivity contribution in [3.63, 3.8) is 0 Å². The molecule has 0 N–H and O–H groups in total. The number of ether oxygens (including phenoxy) is 2. The average molecular weight is 324 g/mol. The second kappa shape index (κ2) is 7.14. The van der Waals surface area contributed by atoms with E-state index in [4.69, 9.17) is 9.47 Å². The number of benzene rings is 1. The summed E-state index contributed by atoms with van der Waals surface area (Å²) in [6, 6.07) is 1.82. The monoisotopic (exact) mass is 324 g/mol. The molecule has 1 aliphatic heterocycles. The maximum absolute atomic E-state index is 12.1. The van der Waals surface area contributed by atoms with Crippen LogP contribution in [0.1, 0.15) is 35.2 Å². The van der Waals surface area contributed by atoms with E-state index in [1.54, 1.807) is 0 Å². The number of nitrogens with zero attached hydrogens (tertiary/aromatic N) is 2. The van der Waals surface area contributed by atoms with E-state index in [1.807, 2.05) is 0 Å². The van der Waals surface area contributed by atoms with Crippen molar-refractivity contribution in [1.82, 2.24) is 0 Å². The number of carbonyl (C=O) groups excluding carboxylic acids is 1. The maximum Gasteiger partial charge on any atom is 0.339 e. The predicted molar refractivity (Wildman–Crippen MR) is 78.4 cm³/mol. The Morgan fingerprint density at radius 3 is 2.61 bits per heavy atom. The van der Waals surface area contributed by atoms with Gasteiger partial charge in [0, 0.05) is 18.2 Å². The molecule has 9 heteroatoms. The molecule has 23 heavy (non-hydrogen) atoms. The van der Waals surface area contributed by atoms with Gasteiger partial charge in [0.1, 0.15) is 6.61 Å². The molecule has 0 spiro atoms. The molecule has 0 radical (unpaired) electrons. The number of carbonyl (C=O) groups is 1. The fourth-order valence-electron chi connectivity index (χ4n) is 2.38. The van der Waals surface area contributed by atoms with Crippen LogP contribution in [-0.4, -0.2) is 35.1 Å². The summed E-state index contributed by atoms with van der Waals surface area (Å²) >= 11 is 0. The van der Waals surface area contributed by atoms with Crippen molar-refractivity contribution in [2.75, 3.05) is 13.2 Å². The van der Waals surface area contributed by atoms with Gasteiger partial charge in [-0.25, -0.2) is 4.79 Å². The van der Waals surface area contributed by atoms with Gasteiger partial charge in [0.25, 0.3) is 11.4 Å². The lowest BCUT2D eigenvalue weighted by Gasteiger charge is -2.22. The molecule has 2 rings (SSSR count). The first kappa shape index (κ1) is 16.8. The Morgan fingerprint density at radius 2 is 2.04 bits per heavy atom. The van der Waals surface area contributed by atoms with E-state index >= 15 is 0 Å². The largest absolute Gasteiger partial charge is 0.459 e. The van der Waals surface area contributed by atoms with Crippen LogP contribution < -0.4 is 0 Å². The van der Waals surface area contributed by atoms with Crippen molar-refractivity contribution >= 4 is 17.3 Å². The van der Waals surface area contributed by atoms with Crippen LogP contribution in [0.2, 0.25) is 0 Å². The fraction of sp³-hybridized carbons (Fsp3) is 0.500. The van der Waals surface area contributed by atoms with Crippen LogP contribution in [-0.2, 0) is 9.47 Å². The van der Waals surface area contributed by atoms with E-state index in [9.17, 15) is 25.0 Å². The van der Waals surface area contributed by atoms with Crippen LogP contribution in [0.25, 0.3) is 0 Å². The highest BCUT2D eigenvalue weighted by molar-refractivity contribution is 5.93. The van der Waals surface area contributed by atoms with Gasteiger partial charge in [-0.05, 0) is 26.2 Å². The fourth-order valence-corrected chi connectivity index (χ4v) is 2.38. The van der Waals surface area contributed by atoms with E-state index < -0.39 is 27.2 Å². The molecule has 1 aliphatic rings. The van der Waals surface area contributed by atoms with Crippen LogP contribution in [0.3, 0.4) is 0 Å². The van der Waals surface area contributed by atoms with Gasteiger partial charge in [-0.2, -0.15) is 0 Å². The molecule has 1 aromatic rings. The Hall–Kier alpha value is -2.55. The summed E-state index contributed by atoms with van der Waals surface area (Å²) in [5.41, 5.74) is -1.15. The number of esters is 1. The standard InChI is InChI=1S/C14H16N2O7/c1-9-12(6-10(15(18)19)7-13(9)16(20)21)14(17)23-8-11-4-2-3-5-22-11/h6-7,11H,2-5,8H2,1H3. The van der Waals surface area contributed by atoms with Gasteiger partial charge in [0.15, 0.2) is 0 Å². The SMILES string of the molecule is Cc1c(C(=O)OCC2CCCCO2)cc([N+](=O)[O-])cc1[N+](=O)[O-]. The van der Waals surface area contributed by atoms with Crippen molar-refractivity contribution in [1.29, 1.82) is 0 Å². The third kappa shape index (κ3) is 4.01. The van der Waals surface area contributed by atoms with E-state index in [0.717, 1.165) is 31.4 Å². The van der Waals surface area contributed by atoms with Crippen LogP contribution in [0.4, 0.5) is 11.4 Å². The molecule has 0 bridgehead atoms. The molecule has 0 amide bonds. The Balaban J connectivity index is 2.20. The van der Waals surface area contributed by atoms with Gasteiger partial charge in [0.2, 0.25) is 0 Å². The van der Waals surface area contributed by atoms with Crippen molar-refractivity contribution in [2.45, 2.75) is 32.3 Å². The molecule has 124 valence electrons. The summed E-state index contributed by atoms with van der Waals surface area (Å²) in [6.07, 6.45) is 2.49. The first-order valence-corrected chi connectivity index (χ1v) is 7.12. The molecule has 1 unspecified atom stereocenters. The second-order valence-electron chi connectivity index (χ2n) is 5.24. The maximum atomic E-state index is 12.1. The summed E-state index contributed by atoms with van der Waals surface area (Å²) in [7, 11) is 0. The van der Waals surface area contributed by atoms with E-state index in [2.05, 4.69) is 0 Å². The lowest BCUT2D eigenvalue weighted by atomic mass is 10.1. The minimum absolute atomic E-state index is 0.0226. The summed E-state index contributed by atoms with van der Waals surface area (Å²) < 4.78 is 10.5. The van der Waals surface area contributed by atoms with Crippen LogP contribution in [0.15, 0.2) is 12.1 Å². The number of nitro groups is 2. The molecule has 0 aromatic heterocycles. The van der Waals surface area contributed by atoms with Crippen molar-refractivity contribution in [2.24, 2.45) is 0 Å². The molecular weight excluding hydrogens is 308 g/mol. The molecule has 1 fully saturated rings. The van der Waals surface area contributed by atoms with Crippen molar-refractivity contribution < 1.29 is 24.1 Å². The van der Waals surface area contributed by atoms with Gasteiger partial charge in [0.05, 0.1) is 27.6 Å². The summed E-state index contributed by atoms with van der Waals surface area (Å²) in [5.74, 6) is -0.830. The zero-order valence-corrected chi connectivity index (χ0v) is 12.5. The Labute approximate surface area is 131 Å². The highest BCUT2D eigenvalue weighted by atomic mass is 16.6. The summed E-state index contributed by atoms with van der Waals surface area (Å²) in [5, 5.41) is 21.9. The topological polar surface area (TPSA) is 122 Å². The molecule has 1 heterocycles. The van der Waals surface area contributed by atoms with Crippen molar-refractivity contribution in [3.8, 4) is 0 Å². The first-order valence-electron chi connectivity index (χ1n) is 7.12. The normalized spacial score (nSPS) is 17.5. The van der Waals surface area contributed by atoms with Crippen LogP contribution in [0, 0.1) is 27.2 Å². The molecule has 9 nitrogen and oxygen atoms in total. The summed E-state index contributed by atoms with van der Waals surface area (Å²) in [4.78, 5) is 32.5. The third-order valence-electron chi connectivity index (χ3n) is 3.67.